The molecule has 11 heteroatoms. The van der Waals surface area contributed by atoms with Crippen LogP contribution >= 0.6 is 0 Å². The largest absolute Gasteiger partial charge is 0.367 e. The monoisotopic (exact) mass is 420 g/mol. The Balaban J connectivity index is 1.50. The summed E-state index contributed by atoms with van der Waals surface area (Å²) < 4.78 is 52.8. The molecule has 0 saturated carbocycles. The summed E-state index contributed by atoms with van der Waals surface area (Å²) in [6, 6.07) is 9.21. The highest BCUT2D eigenvalue weighted by molar-refractivity contribution is 7.89. The summed E-state index contributed by atoms with van der Waals surface area (Å²) in [7, 11) is -4.03. The molecule has 8 nitrogen and oxygen atoms in total. The number of sulfonamides is 1. The van der Waals surface area contributed by atoms with Crippen molar-refractivity contribution >= 4 is 27.5 Å². The molecule has 2 heterocycles. The van der Waals surface area contributed by atoms with E-state index in [1.165, 1.54) is 0 Å². The Morgan fingerprint density at radius 1 is 0.897 bits per heavy atom. The highest BCUT2D eigenvalue weighted by atomic mass is 32.2. The Kier molecular flexibility index (Phi) is 6.29. The van der Waals surface area contributed by atoms with Crippen molar-refractivity contribution < 1.29 is 17.2 Å². The van der Waals surface area contributed by atoms with E-state index in [1.807, 2.05) is 19.1 Å². The fourth-order valence-corrected chi connectivity index (χ4v) is 3.44. The second kappa shape index (κ2) is 8.88. The number of hydrogen-bond donors (Lipinski definition) is 3. The van der Waals surface area contributed by atoms with Gasteiger partial charge in [0.2, 0.25) is 10.0 Å². The molecule has 152 valence electrons. The summed E-state index contributed by atoms with van der Waals surface area (Å²) in [6.07, 6.45) is 1.68. The number of nitrogens with zero attached hydrogens (tertiary/aromatic N) is 3. The number of pyridine rings is 1. The molecule has 0 aliphatic rings. The van der Waals surface area contributed by atoms with Gasteiger partial charge in [0.1, 0.15) is 23.3 Å². The van der Waals surface area contributed by atoms with Gasteiger partial charge in [-0.1, -0.05) is 0 Å². The van der Waals surface area contributed by atoms with Crippen molar-refractivity contribution in [3.05, 3.63) is 65.9 Å². The van der Waals surface area contributed by atoms with Crippen LogP contribution in [0.3, 0.4) is 0 Å². The van der Waals surface area contributed by atoms with E-state index >= 15 is 0 Å². The number of rotatable bonds is 8. The second-order valence-electron chi connectivity index (χ2n) is 6.08. The standard InChI is InChI=1S/C18H18F2N6O2S/c1-12-4-5-21-18(8-12)24-17-3-2-16(25-26-17)22-6-7-23-29(27,28)15-10-13(19)9-14(20)11-15/h2-5,8-11,23H,6-7H2,1H3,(H,22,25)(H,21,24,26). The Labute approximate surface area is 166 Å². The smallest absolute Gasteiger partial charge is 0.240 e. The van der Waals surface area contributed by atoms with E-state index in [0.29, 0.717) is 23.5 Å². The average molecular weight is 420 g/mol. The molecule has 0 aliphatic heterocycles. The van der Waals surface area contributed by atoms with Crippen molar-refractivity contribution in [1.29, 1.82) is 0 Å². The van der Waals surface area contributed by atoms with Gasteiger partial charge in [-0.15, -0.1) is 10.2 Å². The second-order valence-corrected chi connectivity index (χ2v) is 7.84. The quantitative estimate of drug-likeness (QED) is 0.481. The Morgan fingerprint density at radius 2 is 1.59 bits per heavy atom. The molecule has 0 atom stereocenters. The zero-order valence-corrected chi connectivity index (χ0v) is 16.2. The molecular weight excluding hydrogens is 402 g/mol. The molecule has 0 saturated heterocycles. The van der Waals surface area contributed by atoms with Crippen LogP contribution in [-0.4, -0.2) is 36.7 Å². The first-order valence-corrected chi connectivity index (χ1v) is 10.0. The Morgan fingerprint density at radius 3 is 2.24 bits per heavy atom. The average Bonchev–Trinajstić information content (AvgIpc) is 2.66. The van der Waals surface area contributed by atoms with Gasteiger partial charge in [0.05, 0.1) is 4.90 Å². The molecule has 0 radical (unpaired) electrons. The van der Waals surface area contributed by atoms with Crippen molar-refractivity contribution in [2.45, 2.75) is 11.8 Å². The molecule has 29 heavy (non-hydrogen) atoms. The van der Waals surface area contributed by atoms with Gasteiger partial charge in [-0.3, -0.25) is 0 Å². The normalized spacial score (nSPS) is 11.3. The van der Waals surface area contributed by atoms with Crippen LogP contribution in [0.5, 0.6) is 0 Å². The minimum atomic E-state index is -4.03. The van der Waals surface area contributed by atoms with Crippen LogP contribution in [0.2, 0.25) is 0 Å². The van der Waals surface area contributed by atoms with Crippen molar-refractivity contribution in [2.24, 2.45) is 0 Å². The van der Waals surface area contributed by atoms with E-state index in [4.69, 9.17) is 0 Å². The van der Waals surface area contributed by atoms with E-state index in [2.05, 4.69) is 30.5 Å². The predicted molar refractivity (Wildman–Crippen MR) is 104 cm³/mol. The molecule has 0 aliphatic carbocycles. The minimum absolute atomic E-state index is 0.0185. The van der Waals surface area contributed by atoms with E-state index in [1.54, 1.807) is 18.3 Å². The SMILES string of the molecule is Cc1ccnc(Nc2ccc(NCCNS(=O)(=O)c3cc(F)cc(F)c3)nn2)c1. The molecule has 0 unspecified atom stereocenters. The number of aromatic nitrogens is 3. The first-order chi connectivity index (χ1) is 13.8. The highest BCUT2D eigenvalue weighted by Gasteiger charge is 2.15. The van der Waals surface area contributed by atoms with Gasteiger partial charge in [0.15, 0.2) is 5.82 Å². The minimum Gasteiger partial charge on any atom is -0.367 e. The van der Waals surface area contributed by atoms with Crippen LogP contribution < -0.4 is 15.4 Å². The first kappa shape index (κ1) is 20.6. The molecule has 0 fully saturated rings. The summed E-state index contributed by atoms with van der Waals surface area (Å²) in [4.78, 5) is 3.69. The lowest BCUT2D eigenvalue weighted by molar-refractivity contribution is 0.562. The maximum atomic E-state index is 13.2. The summed E-state index contributed by atoms with van der Waals surface area (Å²) in [6.45, 7) is 2.12. The molecule has 3 N–H and O–H groups in total. The van der Waals surface area contributed by atoms with Crippen LogP contribution in [0.15, 0.2) is 53.6 Å². The van der Waals surface area contributed by atoms with Crippen LogP contribution in [0.1, 0.15) is 5.56 Å². The molecule has 3 rings (SSSR count). The van der Waals surface area contributed by atoms with E-state index < -0.39 is 26.6 Å². The third-order valence-electron chi connectivity index (χ3n) is 3.71. The number of benzene rings is 1. The van der Waals surface area contributed by atoms with Gasteiger partial charge in [-0.25, -0.2) is 26.9 Å². The maximum absolute atomic E-state index is 13.2. The molecule has 0 bridgehead atoms. The van der Waals surface area contributed by atoms with Gasteiger partial charge >= 0.3 is 0 Å². The number of halogens is 2. The van der Waals surface area contributed by atoms with Crippen LogP contribution in [-0.2, 0) is 10.0 Å². The lowest BCUT2D eigenvalue weighted by atomic mass is 10.3. The Bertz CT molecular complexity index is 1070. The van der Waals surface area contributed by atoms with Crippen molar-refractivity contribution in [3.8, 4) is 0 Å². The number of aryl methyl sites for hydroxylation is 1. The number of anilines is 3. The fourth-order valence-electron chi connectivity index (χ4n) is 2.37. The van der Waals surface area contributed by atoms with E-state index in [9.17, 15) is 17.2 Å². The number of hydrogen-bond acceptors (Lipinski definition) is 7. The van der Waals surface area contributed by atoms with Crippen LogP contribution in [0, 0.1) is 18.6 Å². The lowest BCUT2D eigenvalue weighted by Crippen LogP contribution is -2.29. The third-order valence-corrected chi connectivity index (χ3v) is 5.15. The van der Waals surface area contributed by atoms with Crippen molar-refractivity contribution in [3.63, 3.8) is 0 Å². The summed E-state index contributed by atoms with van der Waals surface area (Å²) in [5.74, 6) is -0.351. The summed E-state index contributed by atoms with van der Waals surface area (Å²) >= 11 is 0. The van der Waals surface area contributed by atoms with Gasteiger partial charge in [-0.05, 0) is 48.9 Å². The van der Waals surface area contributed by atoms with Gasteiger partial charge in [0.25, 0.3) is 0 Å². The topological polar surface area (TPSA) is 109 Å². The summed E-state index contributed by atoms with van der Waals surface area (Å²) in [5, 5.41) is 13.9. The summed E-state index contributed by atoms with van der Waals surface area (Å²) in [5.41, 5.74) is 1.05. The van der Waals surface area contributed by atoms with Crippen molar-refractivity contribution in [2.75, 3.05) is 23.7 Å². The first-order valence-electron chi connectivity index (χ1n) is 8.55. The van der Waals surface area contributed by atoms with Gasteiger partial charge < -0.3 is 10.6 Å². The molecule has 2 aromatic heterocycles. The third kappa shape index (κ3) is 5.90. The van der Waals surface area contributed by atoms with Crippen molar-refractivity contribution in [1.82, 2.24) is 19.9 Å². The highest BCUT2D eigenvalue weighted by Crippen LogP contribution is 2.14. The van der Waals surface area contributed by atoms with Gasteiger partial charge in [-0.2, -0.15) is 0 Å². The molecular formula is C18H18F2N6O2S. The van der Waals surface area contributed by atoms with Crippen LogP contribution in [0.4, 0.5) is 26.2 Å². The lowest BCUT2D eigenvalue weighted by Gasteiger charge is -2.09. The molecule has 1 aromatic carbocycles. The maximum Gasteiger partial charge on any atom is 0.240 e. The zero-order valence-electron chi connectivity index (χ0n) is 15.4. The molecule has 0 amide bonds. The number of nitrogens with one attached hydrogen (secondary N) is 3. The van der Waals surface area contributed by atoms with Crippen LogP contribution in [0.25, 0.3) is 0 Å². The predicted octanol–water partition coefficient (Wildman–Crippen LogP) is 2.59. The zero-order chi connectivity index (χ0) is 20.9. The van der Waals surface area contributed by atoms with E-state index in [0.717, 1.165) is 17.7 Å². The van der Waals surface area contributed by atoms with E-state index in [-0.39, 0.29) is 13.1 Å². The fraction of sp³-hybridized carbons (Fsp3) is 0.167. The van der Waals surface area contributed by atoms with Gasteiger partial charge in [0, 0.05) is 25.4 Å². The molecule has 3 aromatic rings. The molecule has 0 spiro atoms. The Hall–Kier alpha value is -3.18.